The molecular formula is C10H20N2O4S. The largest absolute Gasteiger partial charge is 0.465 e. The zero-order valence-corrected chi connectivity index (χ0v) is 10.9. The molecule has 1 atom stereocenters. The van der Waals surface area contributed by atoms with Crippen molar-refractivity contribution in [2.75, 3.05) is 25.4 Å². The lowest BCUT2D eigenvalue weighted by Crippen LogP contribution is -2.34. The summed E-state index contributed by atoms with van der Waals surface area (Å²) in [5.74, 6) is -1.31. The van der Waals surface area contributed by atoms with Crippen LogP contribution in [0.2, 0.25) is 0 Å². The van der Waals surface area contributed by atoms with E-state index in [1.165, 1.54) is 0 Å². The van der Waals surface area contributed by atoms with Gasteiger partial charge in [0.2, 0.25) is 10.0 Å². The number of hydrogen-bond acceptors (Lipinski definition) is 5. The van der Waals surface area contributed by atoms with Gasteiger partial charge in [0.05, 0.1) is 6.61 Å². The molecule has 0 radical (unpaired) electrons. The van der Waals surface area contributed by atoms with E-state index in [2.05, 4.69) is 14.8 Å². The predicted octanol–water partition coefficient (Wildman–Crippen LogP) is -0.389. The molecule has 1 aliphatic rings. The zero-order chi connectivity index (χ0) is 12.7. The van der Waals surface area contributed by atoms with Crippen molar-refractivity contribution < 1.29 is 17.9 Å². The first-order valence-corrected chi connectivity index (χ1v) is 7.55. The van der Waals surface area contributed by atoms with Crippen LogP contribution in [0.5, 0.6) is 0 Å². The van der Waals surface area contributed by atoms with Crippen LogP contribution in [0.4, 0.5) is 0 Å². The standard InChI is InChI=1S/C10H20N2O4S/c1-2-16-10(13)8-17(14,15)12-7-5-9-4-3-6-11-9/h9,11-12H,2-8H2,1H3/t9-/m1/s1. The van der Waals surface area contributed by atoms with Crippen LogP contribution in [-0.4, -0.2) is 45.9 Å². The molecule has 1 saturated heterocycles. The molecule has 1 rings (SSSR count). The molecule has 100 valence electrons. The Kier molecular flexibility index (Phi) is 5.87. The molecule has 17 heavy (non-hydrogen) atoms. The molecule has 1 aliphatic heterocycles. The highest BCUT2D eigenvalue weighted by molar-refractivity contribution is 7.90. The Morgan fingerprint density at radius 2 is 2.29 bits per heavy atom. The molecule has 0 aromatic heterocycles. The second-order valence-electron chi connectivity index (χ2n) is 4.04. The van der Waals surface area contributed by atoms with Crippen LogP contribution in [0.1, 0.15) is 26.2 Å². The molecule has 0 saturated carbocycles. The van der Waals surface area contributed by atoms with E-state index in [0.29, 0.717) is 12.6 Å². The fourth-order valence-electron chi connectivity index (χ4n) is 1.80. The van der Waals surface area contributed by atoms with Crippen molar-refractivity contribution in [2.24, 2.45) is 0 Å². The van der Waals surface area contributed by atoms with Crippen molar-refractivity contribution in [1.29, 1.82) is 0 Å². The Bertz CT molecular complexity index is 336. The van der Waals surface area contributed by atoms with Crippen LogP contribution >= 0.6 is 0 Å². The third kappa shape index (κ3) is 5.99. The van der Waals surface area contributed by atoms with Crippen LogP contribution in [-0.2, 0) is 19.6 Å². The van der Waals surface area contributed by atoms with E-state index in [1.807, 2.05) is 0 Å². The van der Waals surface area contributed by atoms with Gasteiger partial charge in [-0.25, -0.2) is 13.1 Å². The van der Waals surface area contributed by atoms with Gasteiger partial charge in [0, 0.05) is 12.6 Å². The molecule has 0 bridgehead atoms. The highest BCUT2D eigenvalue weighted by Crippen LogP contribution is 2.07. The molecular weight excluding hydrogens is 244 g/mol. The molecule has 6 nitrogen and oxygen atoms in total. The summed E-state index contributed by atoms with van der Waals surface area (Å²) in [6.07, 6.45) is 2.97. The lowest BCUT2D eigenvalue weighted by atomic mass is 10.2. The maximum Gasteiger partial charge on any atom is 0.322 e. The molecule has 0 aliphatic carbocycles. The minimum atomic E-state index is -3.55. The SMILES string of the molecule is CCOC(=O)CS(=O)(=O)NCC[C@H]1CCCN1. The molecule has 1 heterocycles. The van der Waals surface area contributed by atoms with Crippen molar-refractivity contribution >= 4 is 16.0 Å². The Hall–Kier alpha value is -0.660. The zero-order valence-electron chi connectivity index (χ0n) is 10.1. The summed E-state index contributed by atoms with van der Waals surface area (Å²) >= 11 is 0. The monoisotopic (exact) mass is 264 g/mol. The van der Waals surface area contributed by atoms with Gasteiger partial charge in [0.25, 0.3) is 0 Å². The minimum absolute atomic E-state index is 0.195. The van der Waals surface area contributed by atoms with Crippen molar-refractivity contribution in [3.63, 3.8) is 0 Å². The Labute approximate surface area is 102 Å². The van der Waals surface area contributed by atoms with E-state index in [4.69, 9.17) is 0 Å². The van der Waals surface area contributed by atoms with Crippen LogP contribution < -0.4 is 10.0 Å². The highest BCUT2D eigenvalue weighted by Gasteiger charge is 2.18. The third-order valence-electron chi connectivity index (χ3n) is 2.59. The van der Waals surface area contributed by atoms with Crippen molar-refractivity contribution in [3.8, 4) is 0 Å². The van der Waals surface area contributed by atoms with E-state index in [0.717, 1.165) is 25.8 Å². The maximum absolute atomic E-state index is 11.5. The number of carbonyl (C=O) groups excluding carboxylic acids is 1. The van der Waals surface area contributed by atoms with Crippen molar-refractivity contribution in [2.45, 2.75) is 32.2 Å². The van der Waals surface area contributed by atoms with E-state index in [1.54, 1.807) is 6.92 Å². The number of nitrogens with one attached hydrogen (secondary N) is 2. The first-order valence-electron chi connectivity index (χ1n) is 5.90. The van der Waals surface area contributed by atoms with Gasteiger partial charge in [-0.15, -0.1) is 0 Å². The fourth-order valence-corrected chi connectivity index (χ4v) is 2.73. The van der Waals surface area contributed by atoms with Crippen LogP contribution in [0, 0.1) is 0 Å². The van der Waals surface area contributed by atoms with Crippen LogP contribution in [0.3, 0.4) is 0 Å². The van der Waals surface area contributed by atoms with Gasteiger partial charge in [-0.1, -0.05) is 0 Å². The lowest BCUT2D eigenvalue weighted by molar-refractivity contribution is -0.139. The highest BCUT2D eigenvalue weighted by atomic mass is 32.2. The Morgan fingerprint density at radius 3 is 2.88 bits per heavy atom. The Morgan fingerprint density at radius 1 is 1.53 bits per heavy atom. The summed E-state index contributed by atoms with van der Waals surface area (Å²) in [5.41, 5.74) is 0. The molecule has 0 spiro atoms. The first-order chi connectivity index (χ1) is 8.03. The lowest BCUT2D eigenvalue weighted by Gasteiger charge is -2.10. The van der Waals surface area contributed by atoms with E-state index < -0.39 is 21.7 Å². The predicted molar refractivity (Wildman–Crippen MR) is 64.1 cm³/mol. The van der Waals surface area contributed by atoms with E-state index in [-0.39, 0.29) is 6.61 Å². The molecule has 0 unspecified atom stereocenters. The van der Waals surface area contributed by atoms with Gasteiger partial charge < -0.3 is 10.1 Å². The van der Waals surface area contributed by atoms with Gasteiger partial charge in [-0.3, -0.25) is 4.79 Å². The first kappa shape index (κ1) is 14.4. The normalized spacial score (nSPS) is 20.4. The van der Waals surface area contributed by atoms with Gasteiger partial charge in [-0.05, 0) is 32.7 Å². The minimum Gasteiger partial charge on any atom is -0.465 e. The summed E-state index contributed by atoms with van der Waals surface area (Å²) < 4.78 is 29.9. The Balaban J connectivity index is 2.21. The summed E-state index contributed by atoms with van der Waals surface area (Å²) in [6, 6.07) is 0.389. The molecule has 0 aromatic rings. The summed E-state index contributed by atoms with van der Waals surface area (Å²) in [7, 11) is -3.55. The summed E-state index contributed by atoms with van der Waals surface area (Å²) in [5, 5.41) is 3.28. The van der Waals surface area contributed by atoms with Gasteiger partial charge >= 0.3 is 5.97 Å². The summed E-state index contributed by atoms with van der Waals surface area (Å²) in [4.78, 5) is 11.0. The summed E-state index contributed by atoms with van der Waals surface area (Å²) in [6.45, 7) is 3.20. The quantitative estimate of drug-likeness (QED) is 0.612. The van der Waals surface area contributed by atoms with Gasteiger partial charge in [0.15, 0.2) is 5.75 Å². The number of rotatable bonds is 7. The van der Waals surface area contributed by atoms with E-state index >= 15 is 0 Å². The van der Waals surface area contributed by atoms with Crippen molar-refractivity contribution in [3.05, 3.63) is 0 Å². The number of sulfonamides is 1. The maximum atomic E-state index is 11.5. The molecule has 0 amide bonds. The second-order valence-corrected chi connectivity index (χ2v) is 5.85. The number of carbonyl (C=O) groups is 1. The van der Waals surface area contributed by atoms with Gasteiger partial charge in [-0.2, -0.15) is 0 Å². The fraction of sp³-hybridized carbons (Fsp3) is 0.900. The van der Waals surface area contributed by atoms with E-state index in [9.17, 15) is 13.2 Å². The third-order valence-corrected chi connectivity index (χ3v) is 3.85. The van der Waals surface area contributed by atoms with Gasteiger partial charge in [0.1, 0.15) is 0 Å². The average molecular weight is 264 g/mol. The topological polar surface area (TPSA) is 84.5 Å². The average Bonchev–Trinajstić information content (AvgIpc) is 2.69. The van der Waals surface area contributed by atoms with Crippen LogP contribution in [0.15, 0.2) is 0 Å². The number of esters is 1. The second kappa shape index (κ2) is 6.93. The molecule has 1 fully saturated rings. The van der Waals surface area contributed by atoms with Crippen molar-refractivity contribution in [1.82, 2.24) is 10.0 Å². The molecule has 0 aromatic carbocycles. The molecule has 2 N–H and O–H groups in total. The van der Waals surface area contributed by atoms with Crippen LogP contribution in [0.25, 0.3) is 0 Å². The smallest absolute Gasteiger partial charge is 0.322 e. The number of ether oxygens (including phenoxy) is 1. The number of hydrogen-bond donors (Lipinski definition) is 2. The molecule has 7 heteroatoms.